The number of anilines is 3. The molecular weight excluding hydrogens is 630 g/mol. The quantitative estimate of drug-likeness (QED) is 0.150. The van der Waals surface area contributed by atoms with E-state index in [0.29, 0.717) is 30.0 Å². The zero-order chi connectivity index (χ0) is 32.9. The summed E-state index contributed by atoms with van der Waals surface area (Å²) < 4.78 is 44.9. The molecule has 1 fully saturated rings. The molecule has 1 atom stereocenters. The van der Waals surface area contributed by atoms with Crippen LogP contribution in [0.25, 0.3) is 17.0 Å². The number of nitrogens with two attached hydrogens (primary N) is 1. The largest absolute Gasteiger partial charge is 0.396 e. The van der Waals surface area contributed by atoms with Crippen molar-refractivity contribution < 1.29 is 23.1 Å². The predicted molar refractivity (Wildman–Crippen MR) is 166 cm³/mol. The molecule has 2 aromatic heterocycles. The van der Waals surface area contributed by atoms with Crippen LogP contribution >= 0.6 is 23.2 Å². The number of piperazine rings is 1. The van der Waals surface area contributed by atoms with Crippen LogP contribution in [0.4, 0.5) is 30.4 Å². The van der Waals surface area contributed by atoms with Crippen molar-refractivity contribution in [3.05, 3.63) is 80.9 Å². The number of nitriles is 1. The lowest BCUT2D eigenvalue weighted by Crippen LogP contribution is -2.49. The molecule has 1 aromatic carbocycles. The fourth-order valence-electron chi connectivity index (χ4n) is 5.67. The van der Waals surface area contributed by atoms with Gasteiger partial charge in [-0.2, -0.15) is 5.26 Å². The summed E-state index contributed by atoms with van der Waals surface area (Å²) in [5.41, 5.74) is 6.10. The molecular formula is C31H28Cl2F3N7O2. The van der Waals surface area contributed by atoms with Gasteiger partial charge in [-0.15, -0.1) is 0 Å². The SMILES string of the molecule is C=CC(=O)N1CCN(C2=C(C#N)C(O)N(c3c(C)ccnc3C(C)C)c3nc(-c4c(N)c(F)c(Cl)c(F)c4F)c(Cl)cc32)CC1. The number of nitrogens with zero attached hydrogens (tertiary/aromatic N) is 6. The molecule has 9 nitrogen and oxygen atoms in total. The lowest BCUT2D eigenvalue weighted by molar-refractivity contribution is -0.127. The number of fused-ring (bicyclic) bond motifs is 1. The Morgan fingerprint density at radius 2 is 1.87 bits per heavy atom. The van der Waals surface area contributed by atoms with Gasteiger partial charge in [0.1, 0.15) is 22.5 Å². The summed E-state index contributed by atoms with van der Waals surface area (Å²) in [7, 11) is 0. The van der Waals surface area contributed by atoms with E-state index < -0.39 is 45.6 Å². The number of benzene rings is 1. The topological polar surface area (TPSA) is 123 Å². The summed E-state index contributed by atoms with van der Waals surface area (Å²) in [5.74, 6) is -5.01. The third kappa shape index (κ3) is 5.24. The van der Waals surface area contributed by atoms with E-state index in [1.54, 1.807) is 24.1 Å². The van der Waals surface area contributed by atoms with Crippen LogP contribution in [0.5, 0.6) is 0 Å². The second kappa shape index (κ2) is 12.2. The minimum atomic E-state index is -1.67. The van der Waals surface area contributed by atoms with Crippen molar-refractivity contribution in [2.75, 3.05) is 36.8 Å². The first kappa shape index (κ1) is 32.1. The number of amides is 1. The Balaban J connectivity index is 1.82. The number of halogens is 5. The van der Waals surface area contributed by atoms with Gasteiger partial charge in [-0.3, -0.25) is 14.7 Å². The third-order valence-corrected chi connectivity index (χ3v) is 8.50. The van der Waals surface area contributed by atoms with Crippen molar-refractivity contribution in [3.8, 4) is 17.3 Å². The Bertz CT molecular complexity index is 1790. The van der Waals surface area contributed by atoms with Crippen LogP contribution in [-0.2, 0) is 4.79 Å². The highest BCUT2D eigenvalue weighted by Crippen LogP contribution is 2.48. The summed E-state index contributed by atoms with van der Waals surface area (Å²) >= 11 is 12.3. The number of aromatic nitrogens is 2. The van der Waals surface area contributed by atoms with Gasteiger partial charge >= 0.3 is 0 Å². The number of aliphatic hydroxyl groups excluding tert-OH is 1. The number of nitrogen functional groups attached to an aromatic ring is 1. The maximum Gasteiger partial charge on any atom is 0.246 e. The van der Waals surface area contributed by atoms with Crippen LogP contribution in [0.1, 0.15) is 36.6 Å². The van der Waals surface area contributed by atoms with Crippen molar-refractivity contribution in [2.24, 2.45) is 0 Å². The number of rotatable bonds is 5. The maximum atomic E-state index is 15.4. The number of carbonyl (C=O) groups is 1. The molecule has 1 saturated heterocycles. The van der Waals surface area contributed by atoms with Gasteiger partial charge < -0.3 is 20.6 Å². The predicted octanol–water partition coefficient (Wildman–Crippen LogP) is 5.92. The molecule has 0 radical (unpaired) electrons. The van der Waals surface area contributed by atoms with Gasteiger partial charge in [0.05, 0.1) is 39.0 Å². The molecule has 1 amide bonds. The van der Waals surface area contributed by atoms with Crippen molar-refractivity contribution in [2.45, 2.75) is 32.9 Å². The zero-order valence-corrected chi connectivity index (χ0v) is 26.0. The Morgan fingerprint density at radius 3 is 2.47 bits per heavy atom. The standard InChI is InChI=1S/C31H28Cl2F3N7O2/c1-5-19(44)41-8-10-42(11-9-41)29-16-12-18(32)27(20-22(34)23(35)21(33)24(36)25(20)38)40-30(16)43(31(45)17(29)13-37)28-15(4)6-7-39-26(28)14(2)3/h5-7,12,14,31,45H,1,8-11,38H2,2-4H3. The fourth-order valence-corrected chi connectivity index (χ4v) is 6.10. The van der Waals surface area contributed by atoms with Gasteiger partial charge in [0.15, 0.2) is 23.7 Å². The number of aliphatic hydroxyl groups is 1. The maximum absolute atomic E-state index is 15.4. The summed E-state index contributed by atoms with van der Waals surface area (Å²) in [6.45, 7) is 10.3. The lowest BCUT2D eigenvalue weighted by Gasteiger charge is -2.43. The van der Waals surface area contributed by atoms with E-state index in [4.69, 9.17) is 28.9 Å². The molecule has 5 rings (SSSR count). The number of aryl methyl sites for hydroxylation is 1. The van der Waals surface area contributed by atoms with Gasteiger partial charge in [0, 0.05) is 37.9 Å². The average Bonchev–Trinajstić information content (AvgIpc) is 3.02. The molecule has 3 N–H and O–H groups in total. The van der Waals surface area contributed by atoms with Crippen molar-refractivity contribution in [3.63, 3.8) is 0 Å². The molecule has 0 aliphatic carbocycles. The van der Waals surface area contributed by atoms with E-state index in [1.807, 2.05) is 18.7 Å². The van der Waals surface area contributed by atoms with Crippen LogP contribution < -0.4 is 10.6 Å². The minimum Gasteiger partial charge on any atom is -0.396 e. The normalized spacial score (nSPS) is 16.6. The molecule has 4 heterocycles. The van der Waals surface area contributed by atoms with Crippen LogP contribution in [0, 0.1) is 35.7 Å². The van der Waals surface area contributed by atoms with Crippen LogP contribution in [-0.4, -0.2) is 63.2 Å². The molecule has 45 heavy (non-hydrogen) atoms. The molecule has 14 heteroatoms. The Kier molecular flexibility index (Phi) is 8.72. The van der Waals surface area contributed by atoms with E-state index in [9.17, 15) is 23.9 Å². The fraction of sp³-hybridized carbons (Fsp3) is 0.290. The molecule has 0 saturated carbocycles. The third-order valence-electron chi connectivity index (χ3n) is 7.88. The molecule has 234 valence electrons. The highest BCUT2D eigenvalue weighted by molar-refractivity contribution is 6.34. The van der Waals surface area contributed by atoms with E-state index in [1.165, 1.54) is 17.0 Å². The first-order chi connectivity index (χ1) is 21.3. The Hall–Kier alpha value is -4.31. The van der Waals surface area contributed by atoms with Gasteiger partial charge in [0.25, 0.3) is 0 Å². The second-order valence-electron chi connectivity index (χ2n) is 10.9. The number of hydrogen-bond acceptors (Lipinski definition) is 8. The Labute approximate surface area is 267 Å². The molecule has 0 bridgehead atoms. The van der Waals surface area contributed by atoms with Crippen molar-refractivity contribution in [1.82, 2.24) is 19.8 Å². The van der Waals surface area contributed by atoms with E-state index in [2.05, 4.69) is 22.6 Å². The molecule has 2 aliphatic rings. The number of hydrogen-bond donors (Lipinski definition) is 2. The second-order valence-corrected chi connectivity index (χ2v) is 11.7. The van der Waals surface area contributed by atoms with Gasteiger partial charge in [-0.05, 0) is 36.6 Å². The van der Waals surface area contributed by atoms with Crippen LogP contribution in [0.2, 0.25) is 10.0 Å². The van der Waals surface area contributed by atoms with Gasteiger partial charge in [-0.25, -0.2) is 18.2 Å². The summed E-state index contributed by atoms with van der Waals surface area (Å²) in [6.07, 6.45) is 1.21. The molecule has 3 aromatic rings. The van der Waals surface area contributed by atoms with E-state index in [0.717, 1.165) is 0 Å². The number of carbonyl (C=O) groups excluding carboxylic acids is 1. The highest BCUT2D eigenvalue weighted by atomic mass is 35.5. The molecule has 0 spiro atoms. The summed E-state index contributed by atoms with van der Waals surface area (Å²) in [4.78, 5) is 26.1. The smallest absolute Gasteiger partial charge is 0.246 e. The average molecular weight is 659 g/mol. The Morgan fingerprint density at radius 1 is 1.20 bits per heavy atom. The van der Waals surface area contributed by atoms with Gasteiger partial charge in [-0.1, -0.05) is 43.6 Å². The van der Waals surface area contributed by atoms with E-state index >= 15 is 4.39 Å². The summed E-state index contributed by atoms with van der Waals surface area (Å²) in [6, 6.07) is 5.23. The van der Waals surface area contributed by atoms with Gasteiger partial charge in [0.2, 0.25) is 5.91 Å². The minimum absolute atomic E-state index is 0.00747. The first-order valence-electron chi connectivity index (χ1n) is 13.9. The molecule has 2 aliphatic heterocycles. The van der Waals surface area contributed by atoms with Crippen molar-refractivity contribution in [1.29, 1.82) is 5.26 Å². The van der Waals surface area contributed by atoms with Crippen LogP contribution in [0.15, 0.2) is 36.6 Å². The van der Waals surface area contributed by atoms with E-state index in [-0.39, 0.29) is 52.6 Å². The summed E-state index contributed by atoms with van der Waals surface area (Å²) in [5, 5.41) is 21.0. The highest BCUT2D eigenvalue weighted by Gasteiger charge is 2.40. The monoisotopic (exact) mass is 657 g/mol. The van der Waals surface area contributed by atoms with Crippen LogP contribution in [0.3, 0.4) is 0 Å². The number of pyridine rings is 2. The van der Waals surface area contributed by atoms with Crippen molar-refractivity contribution >= 4 is 52.0 Å². The first-order valence-corrected chi connectivity index (χ1v) is 14.7. The molecule has 1 unspecified atom stereocenters. The zero-order valence-electron chi connectivity index (χ0n) is 24.5. The lowest BCUT2D eigenvalue weighted by atomic mass is 9.94.